The minimum absolute atomic E-state index is 0.00194. The molecule has 2 aromatic rings. The number of aliphatic hydroxyl groups is 1. The Kier molecular flexibility index (Phi) is 5.80. The largest absolute Gasteiger partial charge is 0.485 e. The van der Waals surface area contributed by atoms with E-state index in [2.05, 4.69) is 0 Å². The summed E-state index contributed by atoms with van der Waals surface area (Å²) in [4.78, 5) is 13.2. The monoisotopic (exact) mass is 321 g/mol. The zero-order valence-electron chi connectivity index (χ0n) is 12.3. The lowest BCUT2D eigenvalue weighted by Gasteiger charge is -2.21. The van der Waals surface area contributed by atoms with Crippen molar-refractivity contribution in [1.29, 1.82) is 0 Å². The summed E-state index contributed by atoms with van der Waals surface area (Å²) in [5, 5.41) is 20.0. The van der Waals surface area contributed by atoms with Crippen molar-refractivity contribution in [2.24, 2.45) is 0 Å². The molecular weight excluding hydrogens is 302 g/mol. The van der Waals surface area contributed by atoms with Crippen LogP contribution in [0, 0.1) is 0 Å². The smallest absolute Gasteiger partial charge is 0.407 e. The van der Waals surface area contributed by atoms with Crippen LogP contribution in [0.15, 0.2) is 41.8 Å². The minimum Gasteiger partial charge on any atom is -0.485 e. The van der Waals surface area contributed by atoms with Crippen LogP contribution in [-0.4, -0.2) is 34.8 Å². The molecule has 0 unspecified atom stereocenters. The first kappa shape index (κ1) is 16.3. The van der Waals surface area contributed by atoms with Crippen LogP contribution in [0.2, 0.25) is 0 Å². The SMILES string of the molecule is CN(CC[C@H](Oc1ccc(CO)cc1)c1cccs1)C(=O)O. The normalized spacial score (nSPS) is 11.9. The average Bonchev–Trinajstić information content (AvgIpc) is 3.05. The van der Waals surface area contributed by atoms with Crippen LogP contribution in [0.1, 0.15) is 23.0 Å². The molecule has 0 bridgehead atoms. The van der Waals surface area contributed by atoms with E-state index in [1.807, 2.05) is 41.8 Å². The van der Waals surface area contributed by atoms with Crippen molar-refractivity contribution in [3.63, 3.8) is 0 Å². The second-order valence-corrected chi connectivity index (χ2v) is 5.90. The number of nitrogens with zero attached hydrogens (tertiary/aromatic N) is 1. The van der Waals surface area contributed by atoms with Crippen molar-refractivity contribution in [1.82, 2.24) is 4.90 Å². The van der Waals surface area contributed by atoms with Gasteiger partial charge in [-0.1, -0.05) is 18.2 Å². The molecule has 5 nitrogen and oxygen atoms in total. The third-order valence-corrected chi connectivity index (χ3v) is 4.26. The Morgan fingerprint density at radius 3 is 2.59 bits per heavy atom. The molecule has 0 fully saturated rings. The molecule has 22 heavy (non-hydrogen) atoms. The quantitative estimate of drug-likeness (QED) is 0.820. The standard InChI is InChI=1S/C16H19NO4S/c1-17(16(19)20)9-8-14(15-3-2-10-22-15)21-13-6-4-12(11-18)5-7-13/h2-7,10,14,18H,8-9,11H2,1H3,(H,19,20)/t14-/m0/s1. The molecule has 6 heteroatoms. The number of hydrogen-bond donors (Lipinski definition) is 2. The van der Waals surface area contributed by atoms with E-state index < -0.39 is 6.09 Å². The summed E-state index contributed by atoms with van der Waals surface area (Å²) in [7, 11) is 1.55. The summed E-state index contributed by atoms with van der Waals surface area (Å²) in [5.74, 6) is 0.702. The predicted octanol–water partition coefficient (Wildman–Crippen LogP) is 3.36. The maximum Gasteiger partial charge on any atom is 0.407 e. The van der Waals surface area contributed by atoms with Crippen molar-refractivity contribution in [2.45, 2.75) is 19.1 Å². The van der Waals surface area contributed by atoms with Crippen LogP contribution in [0.25, 0.3) is 0 Å². The highest BCUT2D eigenvalue weighted by Gasteiger charge is 2.17. The summed E-state index contributed by atoms with van der Waals surface area (Å²) in [5.41, 5.74) is 0.825. The van der Waals surface area contributed by atoms with E-state index in [9.17, 15) is 4.79 Å². The molecule has 1 atom stereocenters. The summed E-state index contributed by atoms with van der Waals surface area (Å²) in [6.07, 6.45) is -0.565. The van der Waals surface area contributed by atoms with Gasteiger partial charge in [0.25, 0.3) is 0 Å². The number of amides is 1. The maximum absolute atomic E-state index is 10.9. The van der Waals surface area contributed by atoms with Gasteiger partial charge in [-0.2, -0.15) is 0 Å². The Morgan fingerprint density at radius 1 is 1.32 bits per heavy atom. The van der Waals surface area contributed by atoms with Gasteiger partial charge in [-0.25, -0.2) is 4.79 Å². The third-order valence-electron chi connectivity index (χ3n) is 3.30. The molecule has 1 amide bonds. The Bertz CT molecular complexity index is 583. The molecule has 118 valence electrons. The predicted molar refractivity (Wildman–Crippen MR) is 85.3 cm³/mol. The minimum atomic E-state index is -0.947. The molecule has 0 saturated carbocycles. The van der Waals surface area contributed by atoms with E-state index in [4.69, 9.17) is 14.9 Å². The number of ether oxygens (including phenoxy) is 1. The van der Waals surface area contributed by atoms with Gasteiger partial charge in [-0.05, 0) is 29.1 Å². The van der Waals surface area contributed by atoms with E-state index in [0.29, 0.717) is 18.7 Å². The Balaban J connectivity index is 2.05. The fourth-order valence-corrected chi connectivity index (χ4v) is 2.77. The fourth-order valence-electron chi connectivity index (χ4n) is 1.98. The van der Waals surface area contributed by atoms with Crippen LogP contribution < -0.4 is 4.74 Å². The molecule has 0 aliphatic carbocycles. The topological polar surface area (TPSA) is 70.0 Å². The van der Waals surface area contributed by atoms with E-state index in [1.165, 1.54) is 4.90 Å². The molecule has 0 aliphatic rings. The lowest BCUT2D eigenvalue weighted by molar-refractivity contribution is 0.141. The lowest BCUT2D eigenvalue weighted by atomic mass is 10.2. The molecule has 0 aliphatic heterocycles. The van der Waals surface area contributed by atoms with Gasteiger partial charge in [0.05, 0.1) is 6.61 Å². The van der Waals surface area contributed by atoms with E-state index >= 15 is 0 Å². The van der Waals surface area contributed by atoms with Crippen LogP contribution in [0.3, 0.4) is 0 Å². The van der Waals surface area contributed by atoms with Crippen LogP contribution in [0.4, 0.5) is 4.79 Å². The van der Waals surface area contributed by atoms with Crippen molar-refractivity contribution in [2.75, 3.05) is 13.6 Å². The highest BCUT2D eigenvalue weighted by atomic mass is 32.1. The number of rotatable bonds is 7. The first-order chi connectivity index (χ1) is 10.6. The van der Waals surface area contributed by atoms with Crippen LogP contribution >= 0.6 is 11.3 Å². The summed E-state index contributed by atoms with van der Waals surface area (Å²) >= 11 is 1.59. The van der Waals surface area contributed by atoms with Crippen molar-refractivity contribution < 1.29 is 19.7 Å². The van der Waals surface area contributed by atoms with Gasteiger partial charge in [-0.15, -0.1) is 11.3 Å². The molecule has 0 radical (unpaired) electrons. The van der Waals surface area contributed by atoms with Gasteiger partial charge in [0.15, 0.2) is 0 Å². The molecule has 0 saturated heterocycles. The van der Waals surface area contributed by atoms with Crippen molar-refractivity contribution in [3.8, 4) is 5.75 Å². The van der Waals surface area contributed by atoms with Gasteiger partial charge in [0.2, 0.25) is 0 Å². The number of benzene rings is 1. The zero-order chi connectivity index (χ0) is 15.9. The second kappa shape index (κ2) is 7.82. The molecule has 1 aromatic carbocycles. The van der Waals surface area contributed by atoms with Gasteiger partial charge in [-0.3, -0.25) is 0 Å². The van der Waals surface area contributed by atoms with E-state index in [1.54, 1.807) is 18.4 Å². The van der Waals surface area contributed by atoms with Gasteiger partial charge in [0, 0.05) is 24.9 Å². The Hall–Kier alpha value is -2.05. The number of carbonyl (C=O) groups is 1. The Morgan fingerprint density at radius 2 is 2.05 bits per heavy atom. The van der Waals surface area contributed by atoms with Gasteiger partial charge >= 0.3 is 6.09 Å². The number of carboxylic acid groups (broad SMARTS) is 1. The first-order valence-corrected chi connectivity index (χ1v) is 7.82. The van der Waals surface area contributed by atoms with E-state index in [0.717, 1.165) is 10.4 Å². The summed E-state index contributed by atoms with van der Waals surface area (Å²) in [6.45, 7) is 0.394. The molecular formula is C16H19NO4S. The zero-order valence-corrected chi connectivity index (χ0v) is 13.1. The highest BCUT2D eigenvalue weighted by molar-refractivity contribution is 7.10. The molecule has 1 heterocycles. The molecule has 2 N–H and O–H groups in total. The molecule has 2 rings (SSSR count). The molecule has 1 aromatic heterocycles. The van der Waals surface area contributed by atoms with Gasteiger partial charge in [0.1, 0.15) is 11.9 Å². The summed E-state index contributed by atoms with van der Waals surface area (Å²) < 4.78 is 6.00. The maximum atomic E-state index is 10.9. The highest BCUT2D eigenvalue weighted by Crippen LogP contribution is 2.28. The lowest BCUT2D eigenvalue weighted by Crippen LogP contribution is -2.27. The number of hydrogen-bond acceptors (Lipinski definition) is 4. The first-order valence-electron chi connectivity index (χ1n) is 6.94. The number of aliphatic hydroxyl groups excluding tert-OH is 1. The van der Waals surface area contributed by atoms with E-state index in [-0.39, 0.29) is 12.7 Å². The average molecular weight is 321 g/mol. The molecule has 0 spiro atoms. The van der Waals surface area contributed by atoms with Crippen LogP contribution in [-0.2, 0) is 6.61 Å². The van der Waals surface area contributed by atoms with Crippen LogP contribution in [0.5, 0.6) is 5.75 Å². The summed E-state index contributed by atoms with van der Waals surface area (Å²) in [6, 6.07) is 11.2. The fraction of sp³-hybridized carbons (Fsp3) is 0.312. The van der Waals surface area contributed by atoms with Crippen molar-refractivity contribution in [3.05, 3.63) is 52.2 Å². The Labute approximate surface area is 133 Å². The second-order valence-electron chi connectivity index (χ2n) is 4.92. The third kappa shape index (κ3) is 4.47. The van der Waals surface area contributed by atoms with Crippen molar-refractivity contribution >= 4 is 17.4 Å². The number of thiophene rings is 1. The van der Waals surface area contributed by atoms with Gasteiger partial charge < -0.3 is 19.8 Å².